The lowest BCUT2D eigenvalue weighted by molar-refractivity contribution is -0.143. The van der Waals surface area contributed by atoms with E-state index in [1.807, 2.05) is 65.7 Å². The van der Waals surface area contributed by atoms with Gasteiger partial charge in [0.1, 0.15) is 40.8 Å². The van der Waals surface area contributed by atoms with Crippen LogP contribution in [0.4, 0.5) is 17.6 Å². The number of ether oxygens (including phenoxy) is 4. The number of rotatable bonds is 19. The van der Waals surface area contributed by atoms with Crippen LogP contribution in [0, 0.1) is 35.1 Å². The highest BCUT2D eigenvalue weighted by molar-refractivity contribution is 6.02. The third kappa shape index (κ3) is 16.5. The van der Waals surface area contributed by atoms with Crippen molar-refractivity contribution in [1.29, 1.82) is 0 Å². The van der Waals surface area contributed by atoms with Crippen LogP contribution >= 0.6 is 0 Å². The first-order chi connectivity index (χ1) is 33.5. The van der Waals surface area contributed by atoms with Gasteiger partial charge in [0.2, 0.25) is 0 Å². The van der Waals surface area contributed by atoms with E-state index in [9.17, 15) is 41.8 Å². The zero-order valence-corrected chi connectivity index (χ0v) is 41.5. The molecule has 1 amide bonds. The fraction of sp³-hybridized carbons (Fsp3) is 0.400. The number of hydrogen-bond donors (Lipinski definition) is 3. The van der Waals surface area contributed by atoms with Crippen LogP contribution in [0.1, 0.15) is 61.3 Å². The fourth-order valence-corrected chi connectivity index (χ4v) is 6.74. The molecule has 2 atom stereocenters. The highest BCUT2D eigenvalue weighted by Crippen LogP contribution is 2.34. The van der Waals surface area contributed by atoms with Crippen LogP contribution in [-0.2, 0) is 32.2 Å². The molecule has 71 heavy (non-hydrogen) atoms. The van der Waals surface area contributed by atoms with Gasteiger partial charge in [-0.25, -0.2) is 27.2 Å². The lowest BCUT2D eigenvalue weighted by atomic mass is 10.1. The van der Waals surface area contributed by atoms with Gasteiger partial charge in [-0.15, -0.1) is 0 Å². The first kappa shape index (κ1) is 56.5. The van der Waals surface area contributed by atoms with E-state index in [1.54, 1.807) is 33.9 Å². The number of esters is 2. The number of nitrogens with two attached hydrogens (primary N) is 1. The van der Waals surface area contributed by atoms with Crippen molar-refractivity contribution in [3.8, 4) is 23.0 Å². The van der Waals surface area contributed by atoms with Crippen molar-refractivity contribution in [3.63, 3.8) is 0 Å². The number of fused-ring (bicyclic) bond motifs is 2. The van der Waals surface area contributed by atoms with Gasteiger partial charge in [0.15, 0.2) is 23.1 Å². The molecule has 0 fully saturated rings. The molecule has 4 aromatic carbocycles. The Bertz CT molecular complexity index is 2780. The van der Waals surface area contributed by atoms with Gasteiger partial charge >= 0.3 is 17.9 Å². The molecule has 6 aromatic rings. The molecule has 0 radical (unpaired) electrons. The van der Waals surface area contributed by atoms with E-state index >= 15 is 0 Å². The predicted octanol–water partition coefficient (Wildman–Crippen LogP) is 7.89. The second-order valence-corrected chi connectivity index (χ2v) is 17.8. The zero-order valence-electron chi connectivity index (χ0n) is 41.5. The SMILES string of the molecule is CC(C)Cn1ncc2cc(Oc3ccc(F)cc3F)c(C(=O)O)cc21.COC(=O)[C@@H](N)CCN(C)C.COC(=O)[C@H](CCN(C)C)NC(=O)c1cc2c(cnn2CC(C)C)cc1Oc1ccc(F)cc1F. The Hall–Kier alpha value is -7.10. The molecule has 0 unspecified atom stereocenters. The van der Waals surface area contributed by atoms with Crippen molar-refractivity contribution in [2.75, 3.05) is 55.5 Å². The molecule has 0 aliphatic heterocycles. The molecule has 2 heterocycles. The minimum atomic E-state index is -1.21. The number of methoxy groups -OCH3 is 2. The predicted molar refractivity (Wildman–Crippen MR) is 259 cm³/mol. The monoisotopic (exact) mass is 994 g/mol. The highest BCUT2D eigenvalue weighted by Gasteiger charge is 2.26. The van der Waals surface area contributed by atoms with E-state index in [2.05, 4.69) is 20.3 Å². The molecule has 0 saturated heterocycles. The standard InChI is InChI=1S/C25H30F2N4O4.C18H16F2N2O3.C7H16N2O2/c1-15(2)14-31-21-12-18(24(32)29-20(25(33)34-5)8-9-30(3)4)23(10-16(21)13-28-31)35-22-7-6-17(26)11-19(22)27;1-10(2)9-22-15-7-13(18(23)24)17(5-11(15)8-21-22)25-16-4-3-12(19)6-14(16)20;1-9(2)5-4-6(8)7(10)11-3/h6-7,10-13,15,20H,8-9,14H2,1-5H3,(H,29,32);3-8,10H,9H2,1-2H3,(H,23,24);6H,4-5,8H2,1-3H3/t20-;;6-/m0.0/s1. The van der Waals surface area contributed by atoms with Crippen LogP contribution in [0.15, 0.2) is 73.1 Å². The van der Waals surface area contributed by atoms with Gasteiger partial charge in [0.25, 0.3) is 5.91 Å². The molecule has 0 spiro atoms. The largest absolute Gasteiger partial charge is 0.478 e. The molecule has 2 aromatic heterocycles. The Morgan fingerprint density at radius 3 is 1.49 bits per heavy atom. The first-order valence-corrected chi connectivity index (χ1v) is 22.5. The summed E-state index contributed by atoms with van der Waals surface area (Å²) < 4.78 is 78.4. The third-order valence-electron chi connectivity index (χ3n) is 10.3. The molecule has 0 bridgehead atoms. The molecule has 17 nitrogen and oxygen atoms in total. The van der Waals surface area contributed by atoms with Gasteiger partial charge < -0.3 is 44.9 Å². The van der Waals surface area contributed by atoms with Gasteiger partial charge in [-0.1, -0.05) is 27.7 Å². The average molecular weight is 995 g/mol. The van der Waals surface area contributed by atoms with Crippen molar-refractivity contribution < 1.29 is 60.8 Å². The van der Waals surface area contributed by atoms with Gasteiger partial charge in [0.05, 0.1) is 43.2 Å². The number of nitrogens with zero attached hydrogens (tertiary/aromatic N) is 6. The summed E-state index contributed by atoms with van der Waals surface area (Å²) in [4.78, 5) is 51.9. The van der Waals surface area contributed by atoms with Gasteiger partial charge in [0, 0.05) is 42.5 Å². The highest BCUT2D eigenvalue weighted by atomic mass is 19.1. The molecular formula is C50H62F4N8O9. The molecule has 4 N–H and O–H groups in total. The smallest absolute Gasteiger partial charge is 0.339 e. The number of benzene rings is 4. The van der Waals surface area contributed by atoms with Crippen molar-refractivity contribution in [3.05, 3.63) is 107 Å². The van der Waals surface area contributed by atoms with E-state index < -0.39 is 53.2 Å². The number of carbonyl (C=O) groups is 4. The van der Waals surface area contributed by atoms with Gasteiger partial charge in [-0.05, 0) is 108 Å². The molecule has 0 saturated carbocycles. The summed E-state index contributed by atoms with van der Waals surface area (Å²) in [6.07, 6.45) is 4.18. The molecule has 0 aliphatic rings. The number of amides is 1. The minimum absolute atomic E-state index is 0.0328. The molecule has 6 rings (SSSR count). The Morgan fingerprint density at radius 2 is 1.08 bits per heavy atom. The maximum absolute atomic E-state index is 14.3. The summed E-state index contributed by atoms with van der Waals surface area (Å²) >= 11 is 0. The van der Waals surface area contributed by atoms with Crippen LogP contribution in [0.25, 0.3) is 21.8 Å². The van der Waals surface area contributed by atoms with E-state index in [0.717, 1.165) is 30.8 Å². The number of halogens is 4. The van der Waals surface area contributed by atoms with Crippen molar-refractivity contribution in [2.24, 2.45) is 17.6 Å². The summed E-state index contributed by atoms with van der Waals surface area (Å²) in [5.41, 5.74) is 6.76. The summed E-state index contributed by atoms with van der Waals surface area (Å²) in [7, 11) is 10.2. The Kier molecular flexibility index (Phi) is 20.8. The van der Waals surface area contributed by atoms with Crippen molar-refractivity contribution >= 4 is 45.6 Å². The number of carboxylic acids is 1. The van der Waals surface area contributed by atoms with E-state index in [-0.39, 0.29) is 40.1 Å². The number of hydrogen-bond acceptors (Lipinski definition) is 13. The maximum Gasteiger partial charge on any atom is 0.339 e. The van der Waals surface area contributed by atoms with Crippen LogP contribution < -0.4 is 20.5 Å². The maximum atomic E-state index is 14.3. The quantitative estimate of drug-likeness (QED) is 0.0522. The van der Waals surface area contributed by atoms with Crippen LogP contribution in [0.5, 0.6) is 23.0 Å². The number of aromatic carboxylic acids is 1. The fourth-order valence-electron chi connectivity index (χ4n) is 6.74. The summed E-state index contributed by atoms with van der Waals surface area (Å²) in [6, 6.07) is 10.5. The van der Waals surface area contributed by atoms with Crippen molar-refractivity contribution in [1.82, 2.24) is 34.7 Å². The summed E-state index contributed by atoms with van der Waals surface area (Å²) in [5.74, 6) is -5.90. The number of carbonyl (C=O) groups excluding carboxylic acids is 3. The zero-order chi connectivity index (χ0) is 52.7. The van der Waals surface area contributed by atoms with Crippen LogP contribution in [0.3, 0.4) is 0 Å². The van der Waals surface area contributed by atoms with Crippen LogP contribution in [0.2, 0.25) is 0 Å². The molecule has 21 heteroatoms. The second kappa shape index (κ2) is 26.2. The van der Waals surface area contributed by atoms with E-state index in [0.29, 0.717) is 78.3 Å². The average Bonchev–Trinajstić information content (AvgIpc) is 3.89. The summed E-state index contributed by atoms with van der Waals surface area (Å²) in [5, 5.41) is 22.2. The van der Waals surface area contributed by atoms with E-state index in [4.69, 9.17) is 19.9 Å². The minimum Gasteiger partial charge on any atom is -0.478 e. The Labute approximate surface area is 409 Å². The van der Waals surface area contributed by atoms with E-state index in [1.165, 1.54) is 26.4 Å². The van der Waals surface area contributed by atoms with Gasteiger partial charge in [-0.3, -0.25) is 19.0 Å². The number of carboxylic acid groups (broad SMARTS) is 1. The lowest BCUT2D eigenvalue weighted by Crippen LogP contribution is -2.43. The first-order valence-electron chi connectivity index (χ1n) is 22.5. The molecule has 0 aliphatic carbocycles. The summed E-state index contributed by atoms with van der Waals surface area (Å²) in [6.45, 7) is 10.7. The lowest BCUT2D eigenvalue weighted by Gasteiger charge is -2.20. The number of aromatic nitrogens is 4. The topological polar surface area (TPSA) is 206 Å². The molecular weight excluding hydrogens is 933 g/mol. The second-order valence-electron chi connectivity index (χ2n) is 17.8. The van der Waals surface area contributed by atoms with Crippen molar-refractivity contribution in [2.45, 2.75) is 65.7 Å². The molecule has 384 valence electrons. The Balaban J connectivity index is 0.000000264. The Morgan fingerprint density at radius 1 is 0.648 bits per heavy atom. The number of nitrogens with one attached hydrogen (secondary N) is 1. The van der Waals surface area contributed by atoms with Crippen LogP contribution in [-0.4, -0.2) is 126 Å². The van der Waals surface area contributed by atoms with Gasteiger partial charge in [-0.2, -0.15) is 10.2 Å². The normalized spacial score (nSPS) is 12.0. The third-order valence-corrected chi connectivity index (χ3v) is 10.3.